The second-order valence-corrected chi connectivity index (χ2v) is 4.90. The molecule has 0 radical (unpaired) electrons. The number of likely N-dealkylation sites (tertiary alicyclic amines) is 1. The van der Waals surface area contributed by atoms with Crippen molar-refractivity contribution in [3.63, 3.8) is 0 Å². The zero-order chi connectivity index (χ0) is 13.8. The van der Waals surface area contributed by atoms with Gasteiger partial charge in [-0.1, -0.05) is 0 Å². The number of carbonyl (C=O) groups excluding carboxylic acids is 1. The number of hydrogen-bond donors (Lipinski definition) is 0. The number of anilines is 1. The van der Waals surface area contributed by atoms with E-state index in [1.807, 2.05) is 11.9 Å². The quantitative estimate of drug-likeness (QED) is 0.768. The first-order valence-electron chi connectivity index (χ1n) is 6.65. The van der Waals surface area contributed by atoms with E-state index in [9.17, 15) is 4.79 Å². The number of ether oxygens (including phenoxy) is 1. The molecular weight excluding hydrogens is 246 g/mol. The van der Waals surface area contributed by atoms with E-state index in [0.717, 1.165) is 25.9 Å². The van der Waals surface area contributed by atoms with Crippen LogP contribution in [-0.4, -0.2) is 55.7 Å². The highest BCUT2D eigenvalue weighted by Crippen LogP contribution is 2.20. The van der Waals surface area contributed by atoms with Gasteiger partial charge in [-0.2, -0.15) is 4.98 Å². The molecule has 2 rings (SSSR count). The number of piperidine rings is 1. The van der Waals surface area contributed by atoms with Crippen molar-refractivity contribution in [2.75, 3.05) is 38.7 Å². The summed E-state index contributed by atoms with van der Waals surface area (Å²) in [7, 11) is 4.06. The Kier molecular flexibility index (Phi) is 4.42. The molecule has 1 fully saturated rings. The van der Waals surface area contributed by atoms with Gasteiger partial charge in [-0.15, -0.1) is 0 Å². The third-order valence-corrected chi connectivity index (χ3v) is 3.43. The molecule has 1 atom stereocenters. The third kappa shape index (κ3) is 3.26. The van der Waals surface area contributed by atoms with Gasteiger partial charge in [0.25, 0.3) is 6.01 Å². The van der Waals surface area contributed by atoms with Crippen LogP contribution in [0, 0.1) is 0 Å². The number of likely N-dealkylation sites (N-methyl/N-ethyl adjacent to an activating group) is 2. The molecule has 0 aromatic carbocycles. The van der Waals surface area contributed by atoms with Gasteiger partial charge in [0.1, 0.15) is 6.26 Å². The van der Waals surface area contributed by atoms with E-state index >= 15 is 0 Å². The second-order valence-electron chi connectivity index (χ2n) is 4.90. The Morgan fingerprint density at radius 2 is 2.47 bits per heavy atom. The fourth-order valence-corrected chi connectivity index (χ4v) is 2.34. The van der Waals surface area contributed by atoms with Crippen LogP contribution in [0.2, 0.25) is 0 Å². The molecule has 0 N–H and O–H groups in total. The minimum Gasteiger partial charge on any atom is -0.461 e. The topological polar surface area (TPSA) is 58.8 Å². The van der Waals surface area contributed by atoms with Crippen LogP contribution in [0.25, 0.3) is 0 Å². The number of aromatic nitrogens is 1. The Balaban J connectivity index is 2.03. The molecule has 0 saturated carbocycles. The van der Waals surface area contributed by atoms with Crippen LogP contribution in [-0.2, 0) is 4.74 Å². The molecule has 106 valence electrons. The summed E-state index contributed by atoms with van der Waals surface area (Å²) in [5, 5.41) is 0. The van der Waals surface area contributed by atoms with E-state index in [2.05, 4.69) is 16.9 Å². The van der Waals surface area contributed by atoms with E-state index in [-0.39, 0.29) is 5.69 Å². The summed E-state index contributed by atoms with van der Waals surface area (Å²) >= 11 is 0. The monoisotopic (exact) mass is 267 g/mol. The van der Waals surface area contributed by atoms with Gasteiger partial charge in [-0.05, 0) is 33.4 Å². The molecule has 1 aromatic heterocycles. The third-order valence-electron chi connectivity index (χ3n) is 3.43. The van der Waals surface area contributed by atoms with Crippen molar-refractivity contribution >= 4 is 12.0 Å². The first kappa shape index (κ1) is 13.9. The van der Waals surface area contributed by atoms with E-state index in [4.69, 9.17) is 9.15 Å². The van der Waals surface area contributed by atoms with Crippen LogP contribution in [0.4, 0.5) is 6.01 Å². The first-order valence-corrected chi connectivity index (χ1v) is 6.65. The maximum atomic E-state index is 11.5. The molecule has 0 spiro atoms. The molecule has 2 heterocycles. The zero-order valence-corrected chi connectivity index (χ0v) is 11.8. The molecule has 19 heavy (non-hydrogen) atoms. The van der Waals surface area contributed by atoms with Crippen molar-refractivity contribution in [2.45, 2.75) is 25.8 Å². The van der Waals surface area contributed by atoms with Gasteiger partial charge in [0.05, 0.1) is 6.61 Å². The maximum absolute atomic E-state index is 11.5. The molecule has 1 aromatic rings. The fourth-order valence-electron chi connectivity index (χ4n) is 2.34. The van der Waals surface area contributed by atoms with Crippen molar-refractivity contribution < 1.29 is 13.9 Å². The number of nitrogens with zero attached hydrogens (tertiary/aromatic N) is 3. The number of oxazole rings is 1. The molecule has 1 unspecified atom stereocenters. The normalized spacial score (nSPS) is 20.3. The Morgan fingerprint density at radius 3 is 3.16 bits per heavy atom. The highest BCUT2D eigenvalue weighted by atomic mass is 16.5. The second kappa shape index (κ2) is 6.06. The predicted molar refractivity (Wildman–Crippen MR) is 71.4 cm³/mol. The molecule has 0 bridgehead atoms. The number of esters is 1. The van der Waals surface area contributed by atoms with Crippen LogP contribution in [0.15, 0.2) is 10.7 Å². The smallest absolute Gasteiger partial charge is 0.360 e. The molecule has 6 heteroatoms. The van der Waals surface area contributed by atoms with E-state index < -0.39 is 5.97 Å². The fraction of sp³-hybridized carbons (Fsp3) is 0.692. The standard InChI is InChI=1S/C13H21N3O3/c1-4-18-12(17)11-9-19-13(14-11)16(3)10-6-5-7-15(2)8-10/h9-10H,4-8H2,1-3H3. The summed E-state index contributed by atoms with van der Waals surface area (Å²) < 4.78 is 10.3. The summed E-state index contributed by atoms with van der Waals surface area (Å²) in [5.41, 5.74) is 0.230. The first-order chi connectivity index (χ1) is 9.11. The van der Waals surface area contributed by atoms with Crippen molar-refractivity contribution in [1.29, 1.82) is 0 Å². The SMILES string of the molecule is CCOC(=O)c1coc(N(C)C2CCCN(C)C2)n1. The maximum Gasteiger partial charge on any atom is 0.360 e. The summed E-state index contributed by atoms with van der Waals surface area (Å²) in [6.45, 7) is 4.21. The summed E-state index contributed by atoms with van der Waals surface area (Å²) in [5.74, 6) is -0.438. The molecule has 0 amide bonds. The van der Waals surface area contributed by atoms with Gasteiger partial charge in [0.15, 0.2) is 5.69 Å². The van der Waals surface area contributed by atoms with Crippen molar-refractivity contribution in [2.24, 2.45) is 0 Å². The van der Waals surface area contributed by atoms with E-state index in [0.29, 0.717) is 18.7 Å². The Bertz CT molecular complexity index is 433. The molecule has 1 aliphatic rings. The Morgan fingerprint density at radius 1 is 1.68 bits per heavy atom. The average Bonchev–Trinajstić information content (AvgIpc) is 2.88. The Hall–Kier alpha value is -1.56. The molecular formula is C13H21N3O3. The van der Waals surface area contributed by atoms with Crippen LogP contribution < -0.4 is 4.90 Å². The van der Waals surface area contributed by atoms with E-state index in [1.54, 1.807) is 6.92 Å². The van der Waals surface area contributed by atoms with Crippen LogP contribution in [0.5, 0.6) is 0 Å². The summed E-state index contributed by atoms with van der Waals surface area (Å²) in [4.78, 5) is 20.0. The lowest BCUT2D eigenvalue weighted by molar-refractivity contribution is 0.0519. The number of hydrogen-bond acceptors (Lipinski definition) is 6. The summed E-state index contributed by atoms with van der Waals surface area (Å²) in [6.07, 6.45) is 3.63. The van der Waals surface area contributed by atoms with E-state index in [1.165, 1.54) is 6.26 Å². The van der Waals surface area contributed by atoms with Crippen LogP contribution in [0.1, 0.15) is 30.3 Å². The molecule has 1 saturated heterocycles. The minimum absolute atomic E-state index is 0.230. The zero-order valence-electron chi connectivity index (χ0n) is 11.8. The Labute approximate surface area is 113 Å². The van der Waals surface area contributed by atoms with Crippen LogP contribution >= 0.6 is 0 Å². The predicted octanol–water partition coefficient (Wildman–Crippen LogP) is 1.38. The van der Waals surface area contributed by atoms with Crippen LogP contribution in [0.3, 0.4) is 0 Å². The average molecular weight is 267 g/mol. The molecule has 1 aliphatic heterocycles. The van der Waals surface area contributed by atoms with Gasteiger partial charge in [-0.3, -0.25) is 0 Å². The lowest BCUT2D eigenvalue weighted by Crippen LogP contribution is -2.45. The minimum atomic E-state index is -0.438. The lowest BCUT2D eigenvalue weighted by Gasteiger charge is -2.34. The number of carbonyl (C=O) groups is 1. The van der Waals surface area contributed by atoms with Crippen molar-refractivity contribution in [1.82, 2.24) is 9.88 Å². The number of rotatable bonds is 4. The van der Waals surface area contributed by atoms with Gasteiger partial charge in [0.2, 0.25) is 0 Å². The highest BCUT2D eigenvalue weighted by Gasteiger charge is 2.25. The highest BCUT2D eigenvalue weighted by molar-refractivity contribution is 5.87. The lowest BCUT2D eigenvalue weighted by atomic mass is 10.1. The largest absolute Gasteiger partial charge is 0.461 e. The van der Waals surface area contributed by atoms with Gasteiger partial charge < -0.3 is 19.0 Å². The van der Waals surface area contributed by atoms with Gasteiger partial charge >= 0.3 is 5.97 Å². The van der Waals surface area contributed by atoms with Crippen molar-refractivity contribution in [3.05, 3.63) is 12.0 Å². The summed E-state index contributed by atoms with van der Waals surface area (Å²) in [6, 6.07) is 0.843. The molecule has 0 aliphatic carbocycles. The van der Waals surface area contributed by atoms with Gasteiger partial charge in [-0.25, -0.2) is 4.79 Å². The molecule has 6 nitrogen and oxygen atoms in total. The van der Waals surface area contributed by atoms with Crippen molar-refractivity contribution in [3.8, 4) is 0 Å². The van der Waals surface area contributed by atoms with Gasteiger partial charge in [0, 0.05) is 19.6 Å².